The molecule has 0 fully saturated rings. The van der Waals surface area contributed by atoms with E-state index in [1.165, 1.54) is 48.1 Å². The van der Waals surface area contributed by atoms with Crippen molar-refractivity contribution >= 4 is 0 Å². The standard InChI is InChI=1S/C17H23N3/c1-12-17(20(3)16(19-12)11-18-2)15-9-8-13-6-4-5-7-14(13)10-15/h8-10,18H,4-7,11H2,1-3H3. The fourth-order valence-corrected chi connectivity index (χ4v) is 3.29. The molecule has 1 aliphatic rings. The van der Waals surface area contributed by atoms with Gasteiger partial charge in [-0.15, -0.1) is 0 Å². The van der Waals surface area contributed by atoms with Crippen LogP contribution in [0, 0.1) is 6.92 Å². The van der Waals surface area contributed by atoms with E-state index in [9.17, 15) is 0 Å². The molecule has 3 rings (SSSR count). The third kappa shape index (κ3) is 2.27. The Labute approximate surface area is 121 Å². The van der Waals surface area contributed by atoms with Gasteiger partial charge in [0.25, 0.3) is 0 Å². The first kappa shape index (κ1) is 13.4. The van der Waals surface area contributed by atoms with E-state index in [0.717, 1.165) is 18.1 Å². The summed E-state index contributed by atoms with van der Waals surface area (Å²) in [5.41, 5.74) is 6.75. The number of benzene rings is 1. The summed E-state index contributed by atoms with van der Waals surface area (Å²) in [5, 5.41) is 3.18. The molecule has 106 valence electrons. The van der Waals surface area contributed by atoms with Gasteiger partial charge in [0.2, 0.25) is 0 Å². The maximum atomic E-state index is 4.69. The molecule has 20 heavy (non-hydrogen) atoms. The molecular weight excluding hydrogens is 246 g/mol. The van der Waals surface area contributed by atoms with Gasteiger partial charge < -0.3 is 9.88 Å². The van der Waals surface area contributed by atoms with E-state index in [-0.39, 0.29) is 0 Å². The third-order valence-corrected chi connectivity index (χ3v) is 4.32. The van der Waals surface area contributed by atoms with Gasteiger partial charge in [-0.05, 0) is 56.8 Å². The zero-order valence-corrected chi connectivity index (χ0v) is 12.7. The molecule has 1 N–H and O–H groups in total. The van der Waals surface area contributed by atoms with E-state index >= 15 is 0 Å². The van der Waals surface area contributed by atoms with E-state index in [2.05, 4.69) is 47.0 Å². The Morgan fingerprint density at radius 1 is 1.20 bits per heavy atom. The summed E-state index contributed by atoms with van der Waals surface area (Å²) < 4.78 is 2.22. The molecule has 0 bridgehead atoms. The van der Waals surface area contributed by atoms with Crippen molar-refractivity contribution in [1.82, 2.24) is 14.9 Å². The summed E-state index contributed by atoms with van der Waals surface area (Å²) in [4.78, 5) is 4.69. The average molecular weight is 269 g/mol. The van der Waals surface area contributed by atoms with Crippen molar-refractivity contribution in [2.24, 2.45) is 7.05 Å². The largest absolute Gasteiger partial charge is 0.330 e. The molecule has 2 aromatic rings. The minimum Gasteiger partial charge on any atom is -0.330 e. The van der Waals surface area contributed by atoms with E-state index in [1.807, 2.05) is 7.05 Å². The Hall–Kier alpha value is -1.61. The Kier molecular flexibility index (Phi) is 3.62. The smallest absolute Gasteiger partial charge is 0.123 e. The van der Waals surface area contributed by atoms with E-state index in [4.69, 9.17) is 0 Å². The summed E-state index contributed by atoms with van der Waals surface area (Å²) in [6, 6.07) is 6.95. The summed E-state index contributed by atoms with van der Waals surface area (Å²) >= 11 is 0. The minimum atomic E-state index is 0.808. The molecule has 1 aromatic heterocycles. The molecule has 3 heteroatoms. The van der Waals surface area contributed by atoms with Crippen LogP contribution in [0.4, 0.5) is 0 Å². The third-order valence-electron chi connectivity index (χ3n) is 4.32. The van der Waals surface area contributed by atoms with Crippen molar-refractivity contribution in [3.8, 4) is 11.3 Å². The minimum absolute atomic E-state index is 0.808. The Bertz CT molecular complexity index is 625. The van der Waals surface area contributed by atoms with E-state index in [0.29, 0.717) is 0 Å². The van der Waals surface area contributed by atoms with Crippen molar-refractivity contribution in [2.45, 2.75) is 39.2 Å². The number of nitrogens with zero attached hydrogens (tertiary/aromatic N) is 2. The predicted octanol–water partition coefficient (Wildman–Crippen LogP) is 2.99. The quantitative estimate of drug-likeness (QED) is 0.928. The number of aryl methyl sites for hydroxylation is 3. The van der Waals surface area contributed by atoms with Gasteiger partial charge >= 0.3 is 0 Å². The molecule has 0 saturated heterocycles. The Balaban J connectivity index is 2.04. The molecular formula is C17H23N3. The number of hydrogen-bond acceptors (Lipinski definition) is 2. The van der Waals surface area contributed by atoms with Crippen LogP contribution in [0.2, 0.25) is 0 Å². The van der Waals surface area contributed by atoms with Crippen LogP contribution in [0.3, 0.4) is 0 Å². The van der Waals surface area contributed by atoms with Gasteiger partial charge in [-0.3, -0.25) is 0 Å². The molecule has 0 saturated carbocycles. The lowest BCUT2D eigenvalue weighted by Crippen LogP contribution is -2.10. The predicted molar refractivity (Wildman–Crippen MR) is 82.8 cm³/mol. The monoisotopic (exact) mass is 269 g/mol. The lowest BCUT2D eigenvalue weighted by atomic mass is 9.90. The van der Waals surface area contributed by atoms with Crippen LogP contribution in [0.15, 0.2) is 18.2 Å². The second-order valence-corrected chi connectivity index (χ2v) is 5.74. The first-order chi connectivity index (χ1) is 9.70. The Morgan fingerprint density at radius 2 is 1.95 bits per heavy atom. The van der Waals surface area contributed by atoms with Crippen LogP contribution in [0.25, 0.3) is 11.3 Å². The highest BCUT2D eigenvalue weighted by Gasteiger charge is 2.15. The van der Waals surface area contributed by atoms with Crippen LogP contribution in [-0.4, -0.2) is 16.6 Å². The number of fused-ring (bicyclic) bond motifs is 1. The molecule has 0 spiro atoms. The van der Waals surface area contributed by atoms with Crippen LogP contribution in [0.1, 0.15) is 35.5 Å². The second-order valence-electron chi connectivity index (χ2n) is 5.74. The molecule has 3 nitrogen and oxygen atoms in total. The molecule has 0 amide bonds. The number of aromatic nitrogens is 2. The van der Waals surface area contributed by atoms with Crippen molar-refractivity contribution in [1.29, 1.82) is 0 Å². The maximum absolute atomic E-state index is 4.69. The van der Waals surface area contributed by atoms with Crippen molar-refractivity contribution in [3.63, 3.8) is 0 Å². The van der Waals surface area contributed by atoms with Crippen LogP contribution < -0.4 is 5.32 Å². The fraction of sp³-hybridized carbons (Fsp3) is 0.471. The number of hydrogen-bond donors (Lipinski definition) is 1. The van der Waals surface area contributed by atoms with Gasteiger partial charge in [0, 0.05) is 12.6 Å². The first-order valence-corrected chi connectivity index (χ1v) is 7.49. The van der Waals surface area contributed by atoms with Crippen LogP contribution in [0.5, 0.6) is 0 Å². The molecule has 1 aromatic carbocycles. The second kappa shape index (κ2) is 5.41. The molecule has 0 unspecified atom stereocenters. The van der Waals surface area contributed by atoms with E-state index < -0.39 is 0 Å². The SMILES string of the molecule is CNCc1nc(C)c(-c2ccc3c(c2)CCCC3)n1C. The lowest BCUT2D eigenvalue weighted by Gasteiger charge is -2.17. The van der Waals surface area contributed by atoms with Crippen LogP contribution in [-0.2, 0) is 26.4 Å². The number of rotatable bonds is 3. The van der Waals surface area contributed by atoms with Crippen LogP contribution >= 0.6 is 0 Å². The topological polar surface area (TPSA) is 29.9 Å². The highest BCUT2D eigenvalue weighted by Crippen LogP contribution is 2.29. The van der Waals surface area contributed by atoms with Crippen molar-refractivity contribution in [2.75, 3.05) is 7.05 Å². The first-order valence-electron chi connectivity index (χ1n) is 7.49. The summed E-state index contributed by atoms with van der Waals surface area (Å²) in [6.45, 7) is 2.91. The van der Waals surface area contributed by atoms with Gasteiger partial charge in [-0.25, -0.2) is 4.98 Å². The van der Waals surface area contributed by atoms with Gasteiger partial charge in [-0.2, -0.15) is 0 Å². The molecule has 0 radical (unpaired) electrons. The van der Waals surface area contributed by atoms with E-state index in [1.54, 1.807) is 0 Å². The number of nitrogens with one attached hydrogen (secondary N) is 1. The fourth-order valence-electron chi connectivity index (χ4n) is 3.29. The Morgan fingerprint density at radius 3 is 2.70 bits per heavy atom. The maximum Gasteiger partial charge on any atom is 0.123 e. The molecule has 0 aliphatic heterocycles. The molecule has 1 heterocycles. The van der Waals surface area contributed by atoms with Gasteiger partial charge in [0.05, 0.1) is 17.9 Å². The number of imidazole rings is 1. The zero-order valence-electron chi connectivity index (χ0n) is 12.7. The summed E-state index contributed by atoms with van der Waals surface area (Å²) in [5.74, 6) is 1.10. The molecule has 0 atom stereocenters. The highest BCUT2D eigenvalue weighted by atomic mass is 15.1. The van der Waals surface area contributed by atoms with Crippen molar-refractivity contribution in [3.05, 3.63) is 40.8 Å². The summed E-state index contributed by atoms with van der Waals surface area (Å²) in [6.07, 6.45) is 5.13. The lowest BCUT2D eigenvalue weighted by molar-refractivity contribution is 0.685. The molecule has 1 aliphatic carbocycles. The van der Waals surface area contributed by atoms with Crippen molar-refractivity contribution < 1.29 is 0 Å². The average Bonchev–Trinajstić information content (AvgIpc) is 2.73. The summed E-state index contributed by atoms with van der Waals surface area (Å²) in [7, 11) is 4.07. The van der Waals surface area contributed by atoms with Gasteiger partial charge in [0.1, 0.15) is 5.82 Å². The normalized spacial score (nSPS) is 14.3. The highest BCUT2D eigenvalue weighted by molar-refractivity contribution is 5.64. The van der Waals surface area contributed by atoms with Gasteiger partial charge in [-0.1, -0.05) is 12.1 Å². The van der Waals surface area contributed by atoms with Gasteiger partial charge in [0.15, 0.2) is 0 Å². The zero-order chi connectivity index (χ0) is 14.1.